The third kappa shape index (κ3) is 14.2. The van der Waals surface area contributed by atoms with E-state index in [1.807, 2.05) is 39.2 Å². The van der Waals surface area contributed by atoms with E-state index < -0.39 is 0 Å². The lowest BCUT2D eigenvalue weighted by Gasteiger charge is -2.17. The molecule has 0 amide bonds. The Morgan fingerprint density at radius 2 is 2.00 bits per heavy atom. The highest BCUT2D eigenvalue weighted by molar-refractivity contribution is 7.92. The summed E-state index contributed by atoms with van der Waals surface area (Å²) < 4.78 is 7.14. The van der Waals surface area contributed by atoms with Crippen molar-refractivity contribution in [2.75, 3.05) is 27.2 Å². The van der Waals surface area contributed by atoms with Crippen LogP contribution in [0, 0.1) is 0 Å². The number of carbonyl (C=O) groups is 1. The summed E-state index contributed by atoms with van der Waals surface area (Å²) in [5, 5.41) is 2.99. The van der Waals surface area contributed by atoms with Crippen molar-refractivity contribution in [3.05, 3.63) is 0 Å². The second-order valence-electron chi connectivity index (χ2n) is 3.07. The van der Waals surface area contributed by atoms with Gasteiger partial charge in [-0.25, -0.2) is 4.31 Å². The zero-order valence-corrected chi connectivity index (χ0v) is 13.7. The molecule has 1 atom stereocenters. The molecule has 0 aromatic carbocycles. The Balaban J connectivity index is -0.000000616. The summed E-state index contributed by atoms with van der Waals surface area (Å²) >= 11 is 1.33. The summed E-state index contributed by atoms with van der Waals surface area (Å²) in [6, 6.07) is -0.0420. The van der Waals surface area contributed by atoms with Gasteiger partial charge in [-0.1, -0.05) is 13.8 Å². The smallest absolute Gasteiger partial charge is 0.146 e. The first-order valence-electron chi connectivity index (χ1n) is 5.80. The predicted molar refractivity (Wildman–Crippen MR) is 81.7 cm³/mol. The van der Waals surface area contributed by atoms with Crippen molar-refractivity contribution in [1.82, 2.24) is 9.62 Å². The maximum atomic E-state index is 11.1. The van der Waals surface area contributed by atoms with E-state index in [2.05, 4.69) is 5.32 Å². The lowest BCUT2D eigenvalue weighted by atomic mass is 10.1. The van der Waals surface area contributed by atoms with Crippen LogP contribution in [0.4, 0.5) is 0 Å². The molecule has 0 radical (unpaired) electrons. The van der Waals surface area contributed by atoms with Crippen LogP contribution in [-0.4, -0.2) is 43.4 Å². The lowest BCUT2D eigenvalue weighted by molar-refractivity contribution is -0.119. The van der Waals surface area contributed by atoms with Crippen molar-refractivity contribution in [2.45, 2.75) is 40.2 Å². The van der Waals surface area contributed by atoms with Gasteiger partial charge in [0.2, 0.25) is 0 Å². The summed E-state index contributed by atoms with van der Waals surface area (Å²) in [5.74, 6) is 0.183. The number of nitrogens with one attached hydrogen (secondary N) is 1. The number of nitrogens with zero attached hydrogens (tertiary/aromatic N) is 1. The van der Waals surface area contributed by atoms with E-state index in [-0.39, 0.29) is 25.3 Å². The lowest BCUT2D eigenvalue weighted by Crippen LogP contribution is -2.34. The van der Waals surface area contributed by atoms with Crippen LogP contribution in [0.2, 0.25) is 0 Å². The van der Waals surface area contributed by atoms with E-state index in [1.54, 1.807) is 6.92 Å². The molecule has 0 heterocycles. The Kier molecular flexibility index (Phi) is 21.4. The highest BCUT2D eigenvalue weighted by Gasteiger charge is 2.12. The van der Waals surface area contributed by atoms with E-state index >= 15 is 0 Å². The molecule has 0 saturated carbocycles. The number of likely N-dealkylation sites (N-methyl/N-ethyl adjacent to an activating group) is 1. The molecular formula is C11H28N2O2S2. The van der Waals surface area contributed by atoms with Crippen LogP contribution in [0.1, 0.15) is 34.1 Å². The van der Waals surface area contributed by atoms with Gasteiger partial charge in [0.25, 0.3) is 0 Å². The fourth-order valence-electron chi connectivity index (χ4n) is 1.04. The van der Waals surface area contributed by atoms with Crippen LogP contribution in [-0.2, 0) is 8.98 Å². The molecule has 0 saturated heterocycles. The molecule has 0 aliphatic heterocycles. The predicted octanol–water partition coefficient (Wildman–Crippen LogP) is 2.22. The third-order valence-corrected chi connectivity index (χ3v) is 2.65. The van der Waals surface area contributed by atoms with Gasteiger partial charge in [-0.05, 0) is 34.4 Å². The van der Waals surface area contributed by atoms with Gasteiger partial charge in [0.15, 0.2) is 0 Å². The van der Waals surface area contributed by atoms with Gasteiger partial charge in [0.05, 0.1) is 24.9 Å². The van der Waals surface area contributed by atoms with Crippen LogP contribution < -0.4 is 5.32 Å². The first kappa shape index (κ1) is 22.4. The summed E-state index contributed by atoms with van der Waals surface area (Å²) in [6.07, 6.45) is 0.808. The van der Waals surface area contributed by atoms with Gasteiger partial charge in [-0.3, -0.25) is 4.79 Å². The SMILES string of the molecule is CC.CCOSN(C)CCC(NC)C(C)=O.S. The minimum Gasteiger partial charge on any atom is -0.311 e. The average Bonchev–Trinajstić information content (AvgIpc) is 2.29. The Morgan fingerprint density at radius 3 is 2.35 bits per heavy atom. The number of carbonyl (C=O) groups excluding carboxylic acids is 1. The molecule has 4 nitrogen and oxygen atoms in total. The highest BCUT2D eigenvalue weighted by Crippen LogP contribution is 2.09. The molecule has 1 unspecified atom stereocenters. The molecule has 0 rings (SSSR count). The second-order valence-corrected chi connectivity index (χ2v) is 4.08. The van der Waals surface area contributed by atoms with Gasteiger partial charge < -0.3 is 9.50 Å². The summed E-state index contributed by atoms with van der Waals surface area (Å²) in [7, 11) is 3.76. The van der Waals surface area contributed by atoms with Crippen LogP contribution >= 0.6 is 25.7 Å². The fraction of sp³-hybridized carbons (Fsp3) is 0.909. The molecule has 0 aromatic heterocycles. The quantitative estimate of drug-likeness (QED) is 0.547. The Bertz CT molecular complexity index is 172. The zero-order chi connectivity index (χ0) is 13.0. The summed E-state index contributed by atoms with van der Waals surface area (Å²) in [5.41, 5.74) is 0. The number of hydrogen-bond donors (Lipinski definition) is 1. The molecule has 106 valence electrons. The summed E-state index contributed by atoms with van der Waals surface area (Å²) in [4.78, 5) is 11.1. The van der Waals surface area contributed by atoms with Crippen molar-refractivity contribution in [3.8, 4) is 0 Å². The van der Waals surface area contributed by atoms with Gasteiger partial charge in [0, 0.05) is 6.54 Å². The van der Waals surface area contributed by atoms with Crippen molar-refractivity contribution in [1.29, 1.82) is 0 Å². The summed E-state index contributed by atoms with van der Waals surface area (Å²) in [6.45, 7) is 9.08. The number of Topliss-reactive ketones (excluding diaryl/α,β-unsaturated/α-hetero) is 1. The molecule has 0 fully saturated rings. The first-order chi connectivity index (χ1) is 7.61. The fourth-order valence-corrected chi connectivity index (χ4v) is 1.51. The average molecular weight is 284 g/mol. The molecule has 6 heteroatoms. The first-order valence-corrected chi connectivity index (χ1v) is 6.50. The van der Waals surface area contributed by atoms with Crippen molar-refractivity contribution < 1.29 is 8.98 Å². The maximum Gasteiger partial charge on any atom is 0.146 e. The molecule has 0 spiro atoms. The molecule has 17 heavy (non-hydrogen) atoms. The van der Waals surface area contributed by atoms with Crippen LogP contribution in [0.5, 0.6) is 0 Å². The molecule has 1 N–H and O–H groups in total. The topological polar surface area (TPSA) is 41.6 Å². The molecule has 0 aliphatic carbocycles. The normalized spacial score (nSPS) is 11.2. The van der Waals surface area contributed by atoms with E-state index in [9.17, 15) is 4.79 Å². The van der Waals surface area contributed by atoms with Crippen molar-refractivity contribution >= 4 is 31.5 Å². The zero-order valence-electron chi connectivity index (χ0n) is 11.9. The molecule has 0 bridgehead atoms. The van der Waals surface area contributed by atoms with Crippen molar-refractivity contribution in [2.24, 2.45) is 0 Å². The van der Waals surface area contributed by atoms with Gasteiger partial charge in [0.1, 0.15) is 5.78 Å². The number of hydrogen-bond acceptors (Lipinski definition) is 5. The minimum absolute atomic E-state index is 0. The standard InChI is InChI=1S/C9H20N2O2S.C2H6.H2S/c1-5-13-14-11(4)7-6-9(10-3)8(2)12;1-2;/h9-10H,5-7H2,1-4H3;1-2H3;1H2. The number of ketones is 1. The van der Waals surface area contributed by atoms with E-state index in [4.69, 9.17) is 4.18 Å². The van der Waals surface area contributed by atoms with E-state index in [0.717, 1.165) is 13.0 Å². The molecule has 0 aromatic rings. The largest absolute Gasteiger partial charge is 0.311 e. The van der Waals surface area contributed by atoms with Crippen LogP contribution in [0.15, 0.2) is 0 Å². The second kappa shape index (κ2) is 16.2. The van der Waals surface area contributed by atoms with Gasteiger partial charge in [-0.15, -0.1) is 0 Å². The van der Waals surface area contributed by atoms with Crippen LogP contribution in [0.25, 0.3) is 0 Å². The molecule has 0 aliphatic rings. The third-order valence-electron chi connectivity index (χ3n) is 1.87. The maximum absolute atomic E-state index is 11.1. The monoisotopic (exact) mass is 284 g/mol. The minimum atomic E-state index is -0.0420. The highest BCUT2D eigenvalue weighted by atomic mass is 32.2. The Morgan fingerprint density at radius 1 is 1.47 bits per heavy atom. The van der Waals surface area contributed by atoms with Gasteiger partial charge in [-0.2, -0.15) is 13.5 Å². The van der Waals surface area contributed by atoms with Crippen LogP contribution in [0.3, 0.4) is 0 Å². The van der Waals surface area contributed by atoms with Crippen molar-refractivity contribution in [3.63, 3.8) is 0 Å². The Labute approximate surface area is 118 Å². The van der Waals surface area contributed by atoms with Gasteiger partial charge >= 0.3 is 0 Å². The number of rotatable bonds is 8. The van der Waals surface area contributed by atoms with E-state index in [0.29, 0.717) is 6.61 Å². The van der Waals surface area contributed by atoms with E-state index in [1.165, 1.54) is 12.2 Å². The Hall–Kier alpha value is 0.250. The molecular weight excluding hydrogens is 256 g/mol.